The third kappa shape index (κ3) is 4.52. The van der Waals surface area contributed by atoms with Crippen LogP contribution in [-0.4, -0.2) is 13.0 Å². The van der Waals surface area contributed by atoms with E-state index < -0.39 is 0 Å². The molecule has 0 aliphatic carbocycles. The summed E-state index contributed by atoms with van der Waals surface area (Å²) in [6.45, 7) is 2.54. The van der Waals surface area contributed by atoms with E-state index in [2.05, 4.69) is 24.4 Å². The van der Waals surface area contributed by atoms with Gasteiger partial charge in [0, 0.05) is 13.5 Å². The molecule has 3 N–H and O–H groups in total. The van der Waals surface area contributed by atoms with Gasteiger partial charge < -0.3 is 15.8 Å². The van der Waals surface area contributed by atoms with Gasteiger partial charge in [-0.05, 0) is 36.6 Å². The van der Waals surface area contributed by atoms with E-state index in [0.717, 1.165) is 11.1 Å². The predicted molar refractivity (Wildman–Crippen MR) is 88.8 cm³/mol. The molecular formula is C18H22N2O2. The molecule has 0 heterocycles. The smallest absolute Gasteiger partial charge is 0.220 e. The van der Waals surface area contributed by atoms with Crippen LogP contribution in [0.15, 0.2) is 42.5 Å². The minimum Gasteiger partial charge on any atom is -0.487 e. The molecular weight excluding hydrogens is 276 g/mol. The second-order valence-corrected chi connectivity index (χ2v) is 5.32. The Balaban J connectivity index is 1.94. The average molecular weight is 298 g/mol. The highest BCUT2D eigenvalue weighted by Crippen LogP contribution is 2.24. The lowest BCUT2D eigenvalue weighted by atomic mass is 10.1. The van der Waals surface area contributed by atoms with Crippen molar-refractivity contribution in [2.45, 2.75) is 26.4 Å². The maximum absolute atomic E-state index is 11.3. The lowest BCUT2D eigenvalue weighted by molar-refractivity contribution is -0.120. The molecule has 0 spiro atoms. The molecule has 4 heteroatoms. The van der Waals surface area contributed by atoms with Crippen molar-refractivity contribution in [1.29, 1.82) is 0 Å². The van der Waals surface area contributed by atoms with E-state index in [1.165, 1.54) is 5.56 Å². The van der Waals surface area contributed by atoms with Gasteiger partial charge in [-0.2, -0.15) is 0 Å². The molecule has 0 radical (unpaired) electrons. The molecule has 1 amide bonds. The first-order chi connectivity index (χ1) is 10.6. The van der Waals surface area contributed by atoms with Gasteiger partial charge in [0.05, 0.1) is 5.69 Å². The minimum absolute atomic E-state index is 0.0262. The Hall–Kier alpha value is -2.49. The van der Waals surface area contributed by atoms with E-state index >= 15 is 0 Å². The number of carbonyl (C=O) groups excluding carboxylic acids is 1. The lowest BCUT2D eigenvalue weighted by Gasteiger charge is -2.11. The van der Waals surface area contributed by atoms with Gasteiger partial charge in [-0.1, -0.05) is 35.9 Å². The SMILES string of the molecule is CNC(=O)CCc1ccc(OCc2ccc(C)cc2)c(N)c1. The molecule has 0 saturated heterocycles. The van der Waals surface area contributed by atoms with Crippen LogP contribution in [0, 0.1) is 6.92 Å². The average Bonchev–Trinajstić information content (AvgIpc) is 2.53. The molecule has 0 aliphatic heterocycles. The standard InChI is InChI=1S/C18H22N2O2/c1-13-3-5-15(6-4-13)12-22-17-9-7-14(11-16(17)19)8-10-18(21)20-2/h3-7,9,11H,8,10,12,19H2,1-2H3,(H,20,21). The number of hydrogen-bond donors (Lipinski definition) is 2. The summed E-state index contributed by atoms with van der Waals surface area (Å²) in [5.74, 6) is 0.697. The Morgan fingerprint density at radius 2 is 1.82 bits per heavy atom. The van der Waals surface area contributed by atoms with E-state index in [1.807, 2.05) is 30.3 Å². The zero-order valence-corrected chi connectivity index (χ0v) is 13.1. The first kappa shape index (κ1) is 15.9. The zero-order valence-electron chi connectivity index (χ0n) is 13.1. The van der Waals surface area contributed by atoms with Crippen LogP contribution in [0.3, 0.4) is 0 Å². The molecule has 0 saturated carbocycles. The van der Waals surface area contributed by atoms with Gasteiger partial charge in [-0.15, -0.1) is 0 Å². The molecule has 2 aromatic carbocycles. The third-order valence-corrected chi connectivity index (χ3v) is 3.51. The molecule has 116 valence electrons. The molecule has 2 aromatic rings. The van der Waals surface area contributed by atoms with Gasteiger partial charge in [-0.25, -0.2) is 0 Å². The van der Waals surface area contributed by atoms with Crippen LogP contribution in [0.25, 0.3) is 0 Å². The van der Waals surface area contributed by atoms with Crippen LogP contribution >= 0.6 is 0 Å². The van der Waals surface area contributed by atoms with Crippen molar-refractivity contribution >= 4 is 11.6 Å². The van der Waals surface area contributed by atoms with Crippen LogP contribution in [0.5, 0.6) is 5.75 Å². The zero-order chi connectivity index (χ0) is 15.9. The van der Waals surface area contributed by atoms with E-state index in [4.69, 9.17) is 10.5 Å². The summed E-state index contributed by atoms with van der Waals surface area (Å²) in [4.78, 5) is 11.3. The summed E-state index contributed by atoms with van der Waals surface area (Å²) in [5.41, 5.74) is 9.98. The van der Waals surface area contributed by atoms with E-state index in [0.29, 0.717) is 30.9 Å². The van der Waals surface area contributed by atoms with Crippen LogP contribution in [0.2, 0.25) is 0 Å². The lowest BCUT2D eigenvalue weighted by Crippen LogP contribution is -2.17. The number of ether oxygens (including phenoxy) is 1. The fourth-order valence-corrected chi connectivity index (χ4v) is 2.11. The normalized spacial score (nSPS) is 10.3. The minimum atomic E-state index is 0.0262. The highest BCUT2D eigenvalue weighted by Gasteiger charge is 2.05. The van der Waals surface area contributed by atoms with Crippen LogP contribution in [0.4, 0.5) is 5.69 Å². The number of hydrogen-bond acceptors (Lipinski definition) is 3. The van der Waals surface area contributed by atoms with Crippen molar-refractivity contribution in [3.05, 3.63) is 59.2 Å². The Labute approximate surface area is 131 Å². The first-order valence-corrected chi connectivity index (χ1v) is 7.36. The highest BCUT2D eigenvalue weighted by molar-refractivity contribution is 5.75. The quantitative estimate of drug-likeness (QED) is 0.806. The Bertz CT molecular complexity index is 636. The molecule has 0 atom stereocenters. The number of nitrogens with two attached hydrogens (primary N) is 1. The summed E-state index contributed by atoms with van der Waals surface area (Å²) in [6, 6.07) is 13.9. The third-order valence-electron chi connectivity index (χ3n) is 3.51. The molecule has 0 aliphatic rings. The number of nitrogen functional groups attached to an aromatic ring is 1. The van der Waals surface area contributed by atoms with Crippen molar-refractivity contribution in [3.63, 3.8) is 0 Å². The number of amides is 1. The van der Waals surface area contributed by atoms with Crippen molar-refractivity contribution < 1.29 is 9.53 Å². The number of aryl methyl sites for hydroxylation is 2. The second-order valence-electron chi connectivity index (χ2n) is 5.32. The number of nitrogens with one attached hydrogen (secondary N) is 1. The van der Waals surface area contributed by atoms with Crippen molar-refractivity contribution in [2.24, 2.45) is 0 Å². The number of rotatable bonds is 6. The van der Waals surface area contributed by atoms with Crippen LogP contribution in [-0.2, 0) is 17.8 Å². The summed E-state index contributed by atoms with van der Waals surface area (Å²) >= 11 is 0. The first-order valence-electron chi connectivity index (χ1n) is 7.36. The maximum Gasteiger partial charge on any atom is 0.220 e. The van der Waals surface area contributed by atoms with Gasteiger partial charge in [0.2, 0.25) is 5.91 Å². The predicted octanol–water partition coefficient (Wildman–Crippen LogP) is 2.83. The molecule has 2 rings (SSSR count). The molecule has 0 unspecified atom stereocenters. The van der Waals surface area contributed by atoms with Crippen molar-refractivity contribution in [3.8, 4) is 5.75 Å². The van der Waals surface area contributed by atoms with E-state index in [9.17, 15) is 4.79 Å². The largest absolute Gasteiger partial charge is 0.487 e. The maximum atomic E-state index is 11.3. The van der Waals surface area contributed by atoms with Crippen molar-refractivity contribution in [1.82, 2.24) is 5.32 Å². The van der Waals surface area contributed by atoms with E-state index in [-0.39, 0.29) is 5.91 Å². The number of benzene rings is 2. The Kier molecular flexibility index (Phi) is 5.42. The summed E-state index contributed by atoms with van der Waals surface area (Å²) in [6.07, 6.45) is 1.13. The van der Waals surface area contributed by atoms with Crippen LogP contribution in [0.1, 0.15) is 23.1 Å². The fraction of sp³-hybridized carbons (Fsp3) is 0.278. The van der Waals surface area contributed by atoms with Crippen LogP contribution < -0.4 is 15.8 Å². The summed E-state index contributed by atoms with van der Waals surface area (Å²) in [7, 11) is 1.64. The van der Waals surface area contributed by atoms with Gasteiger partial charge in [0.15, 0.2) is 0 Å². The Morgan fingerprint density at radius 3 is 2.45 bits per heavy atom. The van der Waals surface area contributed by atoms with E-state index in [1.54, 1.807) is 7.05 Å². The van der Waals surface area contributed by atoms with Gasteiger partial charge in [0.25, 0.3) is 0 Å². The topological polar surface area (TPSA) is 64.3 Å². The number of carbonyl (C=O) groups is 1. The Morgan fingerprint density at radius 1 is 1.14 bits per heavy atom. The monoisotopic (exact) mass is 298 g/mol. The summed E-state index contributed by atoms with van der Waals surface area (Å²) < 4.78 is 5.76. The molecule has 0 aromatic heterocycles. The fourth-order valence-electron chi connectivity index (χ4n) is 2.11. The number of anilines is 1. The summed E-state index contributed by atoms with van der Waals surface area (Å²) in [5, 5.41) is 2.61. The molecule has 0 fully saturated rings. The highest BCUT2D eigenvalue weighted by atomic mass is 16.5. The molecule has 4 nitrogen and oxygen atoms in total. The molecule has 0 bridgehead atoms. The molecule has 22 heavy (non-hydrogen) atoms. The van der Waals surface area contributed by atoms with Gasteiger partial charge in [0.1, 0.15) is 12.4 Å². The van der Waals surface area contributed by atoms with Gasteiger partial charge in [-0.3, -0.25) is 4.79 Å². The van der Waals surface area contributed by atoms with Gasteiger partial charge >= 0.3 is 0 Å². The van der Waals surface area contributed by atoms with Crippen molar-refractivity contribution in [2.75, 3.05) is 12.8 Å². The second kappa shape index (κ2) is 7.50.